The Labute approximate surface area is 319 Å². The van der Waals surface area contributed by atoms with Crippen molar-refractivity contribution in [1.82, 2.24) is 0 Å². The Hall–Kier alpha value is -1.23. The molecule has 0 amide bonds. The van der Waals surface area contributed by atoms with Crippen LogP contribution in [0.3, 0.4) is 0 Å². The van der Waals surface area contributed by atoms with Crippen LogP contribution in [0, 0.1) is 50.2 Å². The third kappa shape index (κ3) is 5.92. The fourth-order valence-corrected chi connectivity index (χ4v) is 13.4. The highest BCUT2D eigenvalue weighted by Crippen LogP contribution is 2.76. The number of aliphatic hydroxyl groups excluding tert-OH is 7. The molecule has 308 valence electrons. The zero-order chi connectivity index (χ0) is 39.4. The van der Waals surface area contributed by atoms with E-state index in [1.807, 2.05) is 0 Å². The Morgan fingerprint density at radius 2 is 1.48 bits per heavy atom. The number of hydrogen-bond acceptors (Lipinski definition) is 12. The topological polar surface area (TPSA) is 216 Å². The second-order valence-electron chi connectivity index (χ2n) is 20.1. The minimum atomic E-state index is -1.68. The van der Waals surface area contributed by atoms with Crippen LogP contribution in [-0.2, 0) is 23.7 Å². The van der Waals surface area contributed by atoms with Crippen LogP contribution in [0.2, 0.25) is 0 Å². The van der Waals surface area contributed by atoms with E-state index in [1.165, 1.54) is 5.57 Å². The minimum Gasteiger partial charge on any atom is -0.481 e. The number of carboxylic acids is 1. The molecule has 18 atom stereocenters. The van der Waals surface area contributed by atoms with Crippen LogP contribution < -0.4 is 0 Å². The van der Waals surface area contributed by atoms with Gasteiger partial charge in [-0.1, -0.05) is 53.2 Å². The third-order valence-corrected chi connectivity index (χ3v) is 17.0. The van der Waals surface area contributed by atoms with Gasteiger partial charge in [0.2, 0.25) is 0 Å². The van der Waals surface area contributed by atoms with Crippen molar-refractivity contribution in [2.45, 2.75) is 167 Å². The zero-order valence-corrected chi connectivity index (χ0v) is 32.9. The maximum Gasteiger partial charge on any atom is 0.310 e. The number of fused-ring (bicyclic) bond motifs is 7. The predicted octanol–water partition coefficient (Wildman–Crippen LogP) is 2.49. The first kappa shape index (κ1) is 40.9. The van der Waals surface area contributed by atoms with Crippen LogP contribution in [0.4, 0.5) is 0 Å². The highest BCUT2D eigenvalue weighted by Gasteiger charge is 2.70. The van der Waals surface area contributed by atoms with Crippen molar-refractivity contribution in [1.29, 1.82) is 0 Å². The van der Waals surface area contributed by atoms with E-state index < -0.39 is 84.8 Å². The van der Waals surface area contributed by atoms with Crippen molar-refractivity contribution in [2.24, 2.45) is 50.2 Å². The molecule has 4 saturated carbocycles. The molecule has 0 radical (unpaired) electrons. The Morgan fingerprint density at radius 3 is 2.15 bits per heavy atom. The molecule has 7 aliphatic rings. The first-order valence-corrected chi connectivity index (χ1v) is 20.4. The molecular weight excluding hydrogens is 700 g/mol. The number of carboxylic acid groups (broad SMARTS) is 1. The molecule has 2 saturated heterocycles. The monoisotopic (exact) mass is 766 g/mol. The molecule has 0 spiro atoms. The maximum atomic E-state index is 13.0. The molecule has 7 rings (SSSR count). The largest absolute Gasteiger partial charge is 0.481 e. The summed E-state index contributed by atoms with van der Waals surface area (Å²) in [5.74, 6) is -0.194. The van der Waals surface area contributed by atoms with Crippen molar-refractivity contribution < 1.29 is 64.6 Å². The van der Waals surface area contributed by atoms with Crippen LogP contribution in [0.15, 0.2) is 11.6 Å². The quantitative estimate of drug-likeness (QED) is 0.138. The summed E-state index contributed by atoms with van der Waals surface area (Å²) in [4.78, 5) is 13.0. The lowest BCUT2D eigenvalue weighted by molar-refractivity contribution is -0.352. The van der Waals surface area contributed by atoms with E-state index in [2.05, 4.69) is 47.6 Å². The van der Waals surface area contributed by atoms with Gasteiger partial charge in [-0.05, 0) is 104 Å². The summed E-state index contributed by atoms with van der Waals surface area (Å²) < 4.78 is 23.6. The Bertz CT molecular complexity index is 1450. The Kier molecular flexibility index (Phi) is 10.6. The van der Waals surface area contributed by atoms with E-state index in [1.54, 1.807) is 0 Å². The van der Waals surface area contributed by atoms with Crippen molar-refractivity contribution >= 4 is 5.97 Å². The van der Waals surface area contributed by atoms with Gasteiger partial charge in [-0.2, -0.15) is 0 Å². The number of allylic oxidation sites excluding steroid dienone is 2. The molecule has 0 bridgehead atoms. The van der Waals surface area contributed by atoms with Gasteiger partial charge in [0.15, 0.2) is 12.6 Å². The van der Waals surface area contributed by atoms with Gasteiger partial charge in [-0.3, -0.25) is 4.79 Å². The van der Waals surface area contributed by atoms with E-state index in [9.17, 15) is 45.6 Å². The van der Waals surface area contributed by atoms with Gasteiger partial charge in [0.25, 0.3) is 0 Å². The molecule has 54 heavy (non-hydrogen) atoms. The number of ether oxygens (including phenoxy) is 4. The fourth-order valence-electron chi connectivity index (χ4n) is 13.4. The van der Waals surface area contributed by atoms with E-state index in [-0.39, 0.29) is 46.7 Å². The lowest BCUT2D eigenvalue weighted by Gasteiger charge is -2.71. The van der Waals surface area contributed by atoms with Gasteiger partial charge < -0.3 is 59.8 Å². The second kappa shape index (κ2) is 14.0. The number of rotatable bonds is 7. The molecule has 13 heteroatoms. The number of carbonyl (C=O) groups is 1. The summed E-state index contributed by atoms with van der Waals surface area (Å²) in [6, 6.07) is 0. The van der Waals surface area contributed by atoms with Crippen LogP contribution >= 0.6 is 0 Å². The van der Waals surface area contributed by atoms with Gasteiger partial charge in [0, 0.05) is 5.41 Å². The number of hydrogen-bond donors (Lipinski definition) is 8. The predicted molar refractivity (Wildman–Crippen MR) is 193 cm³/mol. The third-order valence-electron chi connectivity index (χ3n) is 17.0. The lowest BCUT2D eigenvalue weighted by atomic mass is 9.33. The minimum absolute atomic E-state index is 0.0344. The van der Waals surface area contributed by atoms with Gasteiger partial charge >= 0.3 is 5.97 Å². The molecule has 13 nitrogen and oxygen atoms in total. The lowest BCUT2D eigenvalue weighted by Crippen LogP contribution is -2.67. The fraction of sp³-hybridized carbons (Fsp3) is 0.927. The summed E-state index contributed by atoms with van der Waals surface area (Å²) >= 11 is 0. The molecule has 2 aliphatic heterocycles. The standard InChI is InChI=1S/C41H66O13/c1-36(2)13-15-41(35(49)50)16-14-39(5)21(22(41)17-36)7-8-26-37(3)11-10-27(38(4,20-43)25(37)9-12-40(26,39)6)54-33-31(47)29(45)24(19-51-33)53-34-32(48)30(46)28(44)23(18-42)52-34/h7,22-34,42-48H,8-20H2,1-6H3,(H,49,50)/t22-,23+,24-,25-,26+,27-,28+,29+,30-,31+,32+,33+,34-,37-,38-,39+,40-,41-/m1/s1. The van der Waals surface area contributed by atoms with Crippen molar-refractivity contribution in [3.05, 3.63) is 11.6 Å². The molecule has 5 aliphatic carbocycles. The molecular formula is C41H66O13. The maximum absolute atomic E-state index is 13.0. The molecule has 0 aromatic rings. The van der Waals surface area contributed by atoms with Crippen LogP contribution in [0.5, 0.6) is 0 Å². The van der Waals surface area contributed by atoms with E-state index >= 15 is 0 Å². The van der Waals surface area contributed by atoms with Crippen LogP contribution in [0.25, 0.3) is 0 Å². The van der Waals surface area contributed by atoms with Crippen molar-refractivity contribution in [2.75, 3.05) is 19.8 Å². The van der Waals surface area contributed by atoms with Crippen molar-refractivity contribution in [3.8, 4) is 0 Å². The average molecular weight is 767 g/mol. The van der Waals surface area contributed by atoms with E-state index in [0.717, 1.165) is 51.4 Å². The summed E-state index contributed by atoms with van der Waals surface area (Å²) in [6.45, 7) is 12.9. The average Bonchev–Trinajstić information content (AvgIpc) is 3.12. The summed E-state index contributed by atoms with van der Waals surface area (Å²) in [5, 5.41) is 84.5. The molecule has 2 heterocycles. The summed E-state index contributed by atoms with van der Waals surface area (Å²) in [7, 11) is 0. The molecule has 6 fully saturated rings. The van der Waals surface area contributed by atoms with Crippen molar-refractivity contribution in [3.63, 3.8) is 0 Å². The Balaban J connectivity index is 1.08. The molecule has 0 unspecified atom stereocenters. The number of aliphatic carboxylic acids is 1. The van der Waals surface area contributed by atoms with Gasteiger partial charge in [-0.25, -0.2) is 0 Å². The SMILES string of the molecule is CC1(C)CC[C@@]2(C(=O)O)CC[C@@]3(C)C(=CC[C@H]4[C@]5(C)CC[C@@H](O[C@@H]6OC[C@@H](O[C@H]7O[C@@H](CO)[C@H](O)[C@@H](O)[C@@H]7O)[C@H](O)[C@@H]6O)[C@](C)(CO)[C@@H]5CC[C@]43C)[C@H]2C1. The molecule has 0 aromatic heterocycles. The highest BCUT2D eigenvalue weighted by molar-refractivity contribution is 5.76. The van der Waals surface area contributed by atoms with Crippen LogP contribution in [0.1, 0.15) is 106 Å². The first-order valence-electron chi connectivity index (χ1n) is 20.4. The smallest absolute Gasteiger partial charge is 0.310 e. The van der Waals surface area contributed by atoms with E-state index in [4.69, 9.17) is 18.9 Å². The Morgan fingerprint density at radius 1 is 0.796 bits per heavy atom. The first-order chi connectivity index (χ1) is 25.2. The summed E-state index contributed by atoms with van der Waals surface area (Å²) in [5.41, 5.74) is -0.234. The molecule has 8 N–H and O–H groups in total. The van der Waals surface area contributed by atoms with Gasteiger partial charge in [0.05, 0.1) is 31.3 Å². The van der Waals surface area contributed by atoms with Gasteiger partial charge in [0.1, 0.15) is 42.7 Å². The summed E-state index contributed by atoms with van der Waals surface area (Å²) in [6.07, 6.45) is -2.86. The van der Waals surface area contributed by atoms with Gasteiger partial charge in [-0.15, -0.1) is 0 Å². The van der Waals surface area contributed by atoms with E-state index in [0.29, 0.717) is 18.8 Å². The molecule has 0 aromatic carbocycles. The number of aliphatic hydroxyl groups is 7. The zero-order valence-electron chi connectivity index (χ0n) is 32.9. The van der Waals surface area contributed by atoms with Crippen LogP contribution in [-0.4, -0.2) is 128 Å². The normalized spacial score (nSPS) is 54.3. The highest BCUT2D eigenvalue weighted by atomic mass is 16.7. The second-order valence-corrected chi connectivity index (χ2v) is 20.1.